The molecule has 0 aromatic carbocycles. The van der Waals surface area contributed by atoms with Gasteiger partial charge >= 0.3 is 6.09 Å². The molecule has 1 unspecified atom stereocenters. The molecular formula is C12H26N2O2Si. The van der Waals surface area contributed by atoms with Crippen LogP contribution in [0.4, 0.5) is 4.79 Å². The Kier molecular flexibility index (Phi) is 4.25. The van der Waals surface area contributed by atoms with E-state index in [2.05, 4.69) is 25.0 Å². The predicted molar refractivity (Wildman–Crippen MR) is 72.4 cm³/mol. The van der Waals surface area contributed by atoms with E-state index in [0.29, 0.717) is 5.67 Å². The lowest BCUT2D eigenvalue weighted by atomic mass is 10.1. The first kappa shape index (κ1) is 14.5. The van der Waals surface area contributed by atoms with Crippen LogP contribution in [0.5, 0.6) is 0 Å². The van der Waals surface area contributed by atoms with Crippen molar-refractivity contribution in [3.8, 4) is 0 Å². The first-order chi connectivity index (χ1) is 7.59. The van der Waals surface area contributed by atoms with Gasteiger partial charge in [0, 0.05) is 17.7 Å². The summed E-state index contributed by atoms with van der Waals surface area (Å²) in [6, 6.07) is 0. The minimum Gasteiger partial charge on any atom is -0.351 e. The van der Waals surface area contributed by atoms with E-state index in [-0.39, 0.29) is 11.6 Å². The van der Waals surface area contributed by atoms with E-state index in [1.807, 2.05) is 25.8 Å². The Balaban J connectivity index is 2.54. The quantitative estimate of drug-likeness (QED) is 0.774. The normalized spacial score (nSPS) is 22.6. The number of rotatable bonds is 2. The van der Waals surface area contributed by atoms with Crippen LogP contribution in [0.1, 0.15) is 33.6 Å². The van der Waals surface area contributed by atoms with E-state index in [4.69, 9.17) is 4.84 Å². The fraction of sp³-hybridized carbons (Fsp3) is 0.917. The molecule has 1 saturated heterocycles. The van der Waals surface area contributed by atoms with Gasteiger partial charge in [0.25, 0.3) is 0 Å². The number of carbonyl (C=O) groups is 1. The molecule has 0 spiro atoms. The highest BCUT2D eigenvalue weighted by molar-refractivity contribution is 6.77. The molecule has 4 nitrogen and oxygen atoms in total. The maximum atomic E-state index is 11.7. The van der Waals surface area contributed by atoms with Crippen LogP contribution in [0.2, 0.25) is 19.6 Å². The highest BCUT2D eigenvalue weighted by atomic mass is 28.3. The van der Waals surface area contributed by atoms with E-state index < -0.39 is 8.07 Å². The molecule has 100 valence electrons. The minimum absolute atomic E-state index is 0.245. The van der Waals surface area contributed by atoms with Crippen LogP contribution in [-0.2, 0) is 4.84 Å². The molecule has 17 heavy (non-hydrogen) atoms. The molecule has 0 saturated carbocycles. The van der Waals surface area contributed by atoms with Crippen molar-refractivity contribution in [1.82, 2.24) is 10.4 Å². The van der Waals surface area contributed by atoms with Gasteiger partial charge in [-0.1, -0.05) is 19.6 Å². The Morgan fingerprint density at radius 1 is 1.35 bits per heavy atom. The second kappa shape index (κ2) is 4.98. The Hall–Kier alpha value is -0.553. The lowest BCUT2D eigenvalue weighted by Gasteiger charge is -2.32. The van der Waals surface area contributed by atoms with Crippen LogP contribution in [0.25, 0.3) is 0 Å². The molecule has 5 heteroatoms. The van der Waals surface area contributed by atoms with E-state index in [1.54, 1.807) is 0 Å². The maximum Gasteiger partial charge on any atom is 0.426 e. The number of amides is 1. The van der Waals surface area contributed by atoms with Crippen molar-refractivity contribution >= 4 is 14.2 Å². The first-order valence-electron chi connectivity index (χ1n) is 6.36. The van der Waals surface area contributed by atoms with Crippen LogP contribution in [0.15, 0.2) is 0 Å². The van der Waals surface area contributed by atoms with Crippen LogP contribution in [0.3, 0.4) is 0 Å². The van der Waals surface area contributed by atoms with Gasteiger partial charge < -0.3 is 10.2 Å². The molecule has 1 heterocycles. The average molecular weight is 258 g/mol. The summed E-state index contributed by atoms with van der Waals surface area (Å²) >= 11 is 0. The molecule has 1 aliphatic rings. The zero-order valence-electron chi connectivity index (χ0n) is 12.0. The van der Waals surface area contributed by atoms with Crippen LogP contribution < -0.4 is 5.32 Å². The monoisotopic (exact) mass is 258 g/mol. The molecule has 1 rings (SSSR count). The molecule has 0 aliphatic carbocycles. The molecule has 0 aromatic heterocycles. The number of hydroxylamine groups is 2. The number of hydrogen-bond donors (Lipinski definition) is 1. The maximum absolute atomic E-state index is 11.7. The van der Waals surface area contributed by atoms with Crippen molar-refractivity contribution < 1.29 is 9.63 Å². The average Bonchev–Trinajstić information content (AvgIpc) is 2.46. The van der Waals surface area contributed by atoms with Gasteiger partial charge in [-0.15, -0.1) is 5.06 Å². The molecule has 1 amide bonds. The highest BCUT2D eigenvalue weighted by Gasteiger charge is 2.38. The molecule has 0 aromatic rings. The molecular weight excluding hydrogens is 232 g/mol. The molecule has 1 N–H and O–H groups in total. The first-order valence-corrected chi connectivity index (χ1v) is 9.94. The van der Waals surface area contributed by atoms with Crippen molar-refractivity contribution in [2.24, 2.45) is 0 Å². The third-order valence-electron chi connectivity index (χ3n) is 2.88. The SMILES string of the molecule is CC(C)(C)NC(=O)ON1CCCC1[Si](C)(C)C. The topological polar surface area (TPSA) is 41.6 Å². The third kappa shape index (κ3) is 4.67. The summed E-state index contributed by atoms with van der Waals surface area (Å²) in [4.78, 5) is 17.2. The van der Waals surface area contributed by atoms with Crippen molar-refractivity contribution in [3.05, 3.63) is 0 Å². The number of carbonyl (C=O) groups excluding carboxylic acids is 1. The van der Waals surface area contributed by atoms with E-state index in [0.717, 1.165) is 19.4 Å². The van der Waals surface area contributed by atoms with Gasteiger partial charge in [-0.05, 0) is 33.6 Å². The van der Waals surface area contributed by atoms with Crippen LogP contribution >= 0.6 is 0 Å². The molecule has 0 bridgehead atoms. The van der Waals surface area contributed by atoms with Crippen molar-refractivity contribution in [3.63, 3.8) is 0 Å². The zero-order valence-corrected chi connectivity index (χ0v) is 13.0. The molecule has 1 aliphatic heterocycles. The van der Waals surface area contributed by atoms with Crippen molar-refractivity contribution in [1.29, 1.82) is 0 Å². The molecule has 1 atom stereocenters. The van der Waals surface area contributed by atoms with Gasteiger partial charge in [0.05, 0.1) is 8.07 Å². The van der Waals surface area contributed by atoms with E-state index in [1.165, 1.54) is 0 Å². The Morgan fingerprint density at radius 2 is 1.94 bits per heavy atom. The van der Waals surface area contributed by atoms with Crippen molar-refractivity contribution in [2.75, 3.05) is 6.54 Å². The smallest absolute Gasteiger partial charge is 0.351 e. The fourth-order valence-electron chi connectivity index (χ4n) is 2.15. The summed E-state index contributed by atoms with van der Waals surface area (Å²) in [5, 5.41) is 4.73. The van der Waals surface area contributed by atoms with Gasteiger partial charge in [0.1, 0.15) is 0 Å². The number of hydrogen-bond acceptors (Lipinski definition) is 3. The van der Waals surface area contributed by atoms with E-state index in [9.17, 15) is 4.79 Å². The molecule has 0 radical (unpaired) electrons. The summed E-state index contributed by atoms with van der Waals surface area (Å²) < 4.78 is 0. The largest absolute Gasteiger partial charge is 0.426 e. The summed E-state index contributed by atoms with van der Waals surface area (Å²) in [6.45, 7) is 13.7. The highest BCUT2D eigenvalue weighted by Crippen LogP contribution is 2.26. The van der Waals surface area contributed by atoms with Gasteiger partial charge in [-0.2, -0.15) is 0 Å². The fourth-order valence-corrected chi connectivity index (χ4v) is 4.27. The predicted octanol–water partition coefficient (Wildman–Crippen LogP) is 2.77. The van der Waals surface area contributed by atoms with E-state index >= 15 is 0 Å². The Labute approximate surface area is 106 Å². The second-order valence-electron chi connectivity index (χ2n) is 6.92. The van der Waals surface area contributed by atoms with Gasteiger partial charge in [0.2, 0.25) is 0 Å². The second-order valence-corrected chi connectivity index (χ2v) is 12.3. The summed E-state index contributed by atoms with van der Waals surface area (Å²) in [7, 11) is -1.29. The van der Waals surface area contributed by atoms with Gasteiger partial charge in [0.15, 0.2) is 0 Å². The molecule has 1 fully saturated rings. The minimum atomic E-state index is -1.29. The third-order valence-corrected chi connectivity index (χ3v) is 5.46. The lowest BCUT2D eigenvalue weighted by Crippen LogP contribution is -2.50. The van der Waals surface area contributed by atoms with Crippen LogP contribution in [-0.4, -0.2) is 37.0 Å². The standard InChI is InChI=1S/C12H26N2O2Si/c1-12(2,3)13-11(15)16-14-9-7-8-10(14)17(4,5)6/h10H,7-9H2,1-6H3,(H,13,15). The number of nitrogens with one attached hydrogen (secondary N) is 1. The van der Waals surface area contributed by atoms with Crippen molar-refractivity contribution in [2.45, 2.75) is 64.5 Å². The Bertz CT molecular complexity index is 281. The Morgan fingerprint density at radius 3 is 2.41 bits per heavy atom. The van der Waals surface area contributed by atoms with Gasteiger partial charge in [-0.25, -0.2) is 4.79 Å². The summed E-state index contributed by atoms with van der Waals surface area (Å²) in [6.07, 6.45) is 1.94. The van der Waals surface area contributed by atoms with Gasteiger partial charge in [-0.3, -0.25) is 0 Å². The number of nitrogens with zero attached hydrogens (tertiary/aromatic N) is 1. The zero-order chi connectivity index (χ0) is 13.3. The lowest BCUT2D eigenvalue weighted by molar-refractivity contribution is -0.0953. The summed E-state index contributed by atoms with van der Waals surface area (Å²) in [5.41, 5.74) is 0.207. The summed E-state index contributed by atoms with van der Waals surface area (Å²) in [5.74, 6) is 0. The van der Waals surface area contributed by atoms with Crippen LogP contribution in [0, 0.1) is 0 Å².